The van der Waals surface area contributed by atoms with E-state index < -0.39 is 0 Å². The van der Waals surface area contributed by atoms with Crippen molar-refractivity contribution in [3.8, 4) is 0 Å². The maximum absolute atomic E-state index is 5.52. The molecule has 1 unspecified atom stereocenters. The van der Waals surface area contributed by atoms with Crippen molar-refractivity contribution in [1.82, 2.24) is 0 Å². The van der Waals surface area contributed by atoms with Crippen LogP contribution in [0.3, 0.4) is 0 Å². The van der Waals surface area contributed by atoms with Crippen LogP contribution in [-0.2, 0) is 52.1 Å². The van der Waals surface area contributed by atoms with Gasteiger partial charge in [0.25, 0.3) is 0 Å². The number of rotatable bonds is 33. The molecule has 0 aromatic rings. The van der Waals surface area contributed by atoms with Gasteiger partial charge in [0.2, 0.25) is 0 Å². The molecule has 37 heavy (non-hydrogen) atoms. The van der Waals surface area contributed by atoms with E-state index in [1.54, 1.807) is 7.11 Å². The van der Waals surface area contributed by atoms with Crippen LogP contribution in [0.15, 0.2) is 0 Å². The Hall–Kier alpha value is -0.440. The van der Waals surface area contributed by atoms with Crippen molar-refractivity contribution in [2.75, 3.05) is 146 Å². The molecule has 0 rings (SSSR count). The summed E-state index contributed by atoms with van der Waals surface area (Å²) >= 11 is 0. The smallest absolute Gasteiger partial charge is 0.0701 e. The summed E-state index contributed by atoms with van der Waals surface area (Å²) in [5, 5.41) is 0. The van der Waals surface area contributed by atoms with E-state index in [2.05, 4.69) is 13.8 Å². The Labute approximate surface area is 224 Å². The summed E-state index contributed by atoms with van der Waals surface area (Å²) in [6.45, 7) is 16.2. The Balaban J connectivity index is 3.02. The Bertz CT molecular complexity index is 405. The van der Waals surface area contributed by atoms with Crippen molar-refractivity contribution in [2.45, 2.75) is 20.3 Å². The molecule has 0 fully saturated rings. The van der Waals surface area contributed by atoms with Crippen LogP contribution >= 0.6 is 0 Å². The molecule has 0 heterocycles. The van der Waals surface area contributed by atoms with Gasteiger partial charge >= 0.3 is 0 Å². The van der Waals surface area contributed by atoms with Crippen molar-refractivity contribution >= 4 is 0 Å². The summed E-state index contributed by atoms with van der Waals surface area (Å²) in [7, 11) is 1.65. The van der Waals surface area contributed by atoms with Gasteiger partial charge in [-0.25, -0.2) is 0 Å². The first-order valence-corrected chi connectivity index (χ1v) is 13.6. The first-order chi connectivity index (χ1) is 18.3. The van der Waals surface area contributed by atoms with Gasteiger partial charge in [-0.1, -0.05) is 20.3 Å². The zero-order chi connectivity index (χ0) is 26.9. The largest absolute Gasteiger partial charge is 0.382 e. The Morgan fingerprint density at radius 2 is 0.568 bits per heavy atom. The molecule has 11 heteroatoms. The number of hydrogen-bond donors (Lipinski definition) is 0. The van der Waals surface area contributed by atoms with Crippen molar-refractivity contribution < 1.29 is 52.1 Å². The van der Waals surface area contributed by atoms with Gasteiger partial charge in [0.05, 0.1) is 132 Å². The normalized spacial score (nSPS) is 12.4. The highest BCUT2D eigenvalue weighted by atomic mass is 16.6. The Kier molecular flexibility index (Phi) is 33.2. The van der Waals surface area contributed by atoms with Crippen LogP contribution in [0.2, 0.25) is 0 Å². The fraction of sp³-hybridized carbons (Fsp3) is 1.00. The predicted molar refractivity (Wildman–Crippen MR) is 140 cm³/mol. The van der Waals surface area contributed by atoms with Crippen LogP contribution in [0.1, 0.15) is 20.3 Å². The summed E-state index contributed by atoms with van der Waals surface area (Å²) in [5.74, 6) is 0.602. The van der Waals surface area contributed by atoms with Gasteiger partial charge < -0.3 is 52.1 Å². The lowest BCUT2D eigenvalue weighted by atomic mass is 10.1. The summed E-state index contributed by atoms with van der Waals surface area (Å²) in [6, 6.07) is 0. The molecule has 0 bridgehead atoms. The Morgan fingerprint density at radius 1 is 0.351 bits per heavy atom. The van der Waals surface area contributed by atoms with Crippen molar-refractivity contribution in [2.24, 2.45) is 5.92 Å². The second-order valence-corrected chi connectivity index (χ2v) is 8.09. The van der Waals surface area contributed by atoms with E-state index >= 15 is 0 Å². The minimum atomic E-state index is 0.526. The van der Waals surface area contributed by atoms with E-state index in [1.807, 2.05) is 0 Å². The second kappa shape index (κ2) is 33.6. The molecule has 0 N–H and O–H groups in total. The minimum Gasteiger partial charge on any atom is -0.382 e. The van der Waals surface area contributed by atoms with Crippen molar-refractivity contribution in [1.29, 1.82) is 0 Å². The first kappa shape index (κ1) is 36.6. The fourth-order valence-electron chi connectivity index (χ4n) is 2.52. The molecule has 0 saturated heterocycles. The third-order valence-corrected chi connectivity index (χ3v) is 4.88. The fourth-order valence-corrected chi connectivity index (χ4v) is 2.52. The molecule has 0 aliphatic heterocycles. The van der Waals surface area contributed by atoms with Crippen LogP contribution in [0.25, 0.3) is 0 Å². The van der Waals surface area contributed by atoms with Crippen molar-refractivity contribution in [3.63, 3.8) is 0 Å². The van der Waals surface area contributed by atoms with E-state index in [1.165, 1.54) is 0 Å². The zero-order valence-corrected chi connectivity index (χ0v) is 23.6. The molecule has 1 atom stereocenters. The molecule has 0 radical (unpaired) electrons. The molecule has 0 spiro atoms. The molecule has 11 nitrogen and oxygen atoms in total. The first-order valence-electron chi connectivity index (χ1n) is 13.6. The van der Waals surface area contributed by atoms with Gasteiger partial charge in [-0.2, -0.15) is 0 Å². The van der Waals surface area contributed by atoms with E-state index in [0.717, 1.165) is 13.0 Å². The quantitative estimate of drug-likeness (QED) is 0.114. The maximum atomic E-state index is 5.52. The summed E-state index contributed by atoms with van der Waals surface area (Å²) in [5.41, 5.74) is 0. The average Bonchev–Trinajstić information content (AvgIpc) is 2.91. The lowest BCUT2D eigenvalue weighted by Gasteiger charge is -2.10. The molecular formula is C26H54O11. The van der Waals surface area contributed by atoms with Gasteiger partial charge in [0.15, 0.2) is 0 Å². The topological polar surface area (TPSA) is 102 Å². The highest BCUT2D eigenvalue weighted by molar-refractivity contribution is 4.46. The summed E-state index contributed by atoms with van der Waals surface area (Å²) in [6.07, 6.45) is 1.14. The van der Waals surface area contributed by atoms with Crippen LogP contribution in [-0.4, -0.2) is 146 Å². The SMILES string of the molecule is CCC(C)COCCOCCOCCOCCOCCOCCOCCOCCOCCOCCOC. The third-order valence-electron chi connectivity index (χ3n) is 4.88. The standard InChI is InChI=1S/C26H54O11/c1-4-26(2)25-37-24-23-36-22-21-35-20-19-34-18-17-33-16-15-32-14-13-31-12-11-30-10-9-29-8-7-28-6-5-27-3/h26H,4-25H2,1-3H3. The van der Waals surface area contributed by atoms with Gasteiger partial charge in [-0.05, 0) is 5.92 Å². The molecule has 224 valence electrons. The molecule has 0 saturated carbocycles. The van der Waals surface area contributed by atoms with Gasteiger partial charge in [0, 0.05) is 13.7 Å². The van der Waals surface area contributed by atoms with Gasteiger partial charge in [-0.3, -0.25) is 0 Å². The molecule has 0 amide bonds. The highest BCUT2D eigenvalue weighted by Crippen LogP contribution is 1.99. The van der Waals surface area contributed by atoms with Crippen LogP contribution in [0.5, 0.6) is 0 Å². The van der Waals surface area contributed by atoms with E-state index in [4.69, 9.17) is 52.1 Å². The zero-order valence-electron chi connectivity index (χ0n) is 23.6. The molecule has 0 aromatic heterocycles. The van der Waals surface area contributed by atoms with Crippen LogP contribution in [0.4, 0.5) is 0 Å². The monoisotopic (exact) mass is 542 g/mol. The van der Waals surface area contributed by atoms with Crippen LogP contribution in [0, 0.1) is 5.92 Å². The summed E-state index contributed by atoms with van der Waals surface area (Å²) in [4.78, 5) is 0. The van der Waals surface area contributed by atoms with E-state index in [0.29, 0.717) is 138 Å². The van der Waals surface area contributed by atoms with Crippen molar-refractivity contribution in [3.05, 3.63) is 0 Å². The van der Waals surface area contributed by atoms with Gasteiger partial charge in [-0.15, -0.1) is 0 Å². The molecule has 0 aliphatic carbocycles. The molecule has 0 aromatic carbocycles. The van der Waals surface area contributed by atoms with Gasteiger partial charge in [0.1, 0.15) is 0 Å². The summed E-state index contributed by atoms with van der Waals surface area (Å²) < 4.78 is 59.3. The lowest BCUT2D eigenvalue weighted by Crippen LogP contribution is -2.15. The highest BCUT2D eigenvalue weighted by Gasteiger charge is 1.98. The average molecular weight is 543 g/mol. The maximum Gasteiger partial charge on any atom is 0.0701 e. The second-order valence-electron chi connectivity index (χ2n) is 8.09. The van der Waals surface area contributed by atoms with E-state index in [-0.39, 0.29) is 0 Å². The Morgan fingerprint density at radius 3 is 0.784 bits per heavy atom. The lowest BCUT2D eigenvalue weighted by molar-refractivity contribution is -0.0274. The van der Waals surface area contributed by atoms with E-state index in [9.17, 15) is 0 Å². The molecular weight excluding hydrogens is 488 g/mol. The molecule has 0 aliphatic rings. The minimum absolute atomic E-state index is 0.526. The third kappa shape index (κ3) is 33.5. The number of hydrogen-bond acceptors (Lipinski definition) is 11. The predicted octanol–water partition coefficient (Wildman–Crippen LogP) is 1.84. The van der Waals surface area contributed by atoms with Crippen LogP contribution < -0.4 is 0 Å². The number of ether oxygens (including phenoxy) is 11. The number of methoxy groups -OCH3 is 1.